The first-order valence-electron chi connectivity index (χ1n) is 26.1. The van der Waals surface area contributed by atoms with E-state index in [2.05, 4.69) is 265 Å². The van der Waals surface area contributed by atoms with E-state index in [1.807, 2.05) is 66.7 Å². The van der Waals surface area contributed by atoms with Crippen molar-refractivity contribution in [3.8, 4) is 0 Å². The Morgan fingerprint density at radius 1 is 0.368 bits per heavy atom. The van der Waals surface area contributed by atoms with Crippen molar-refractivity contribution >= 4 is 84.2 Å². The predicted octanol–water partition coefficient (Wildman–Crippen LogP) is 14.1. The third kappa shape index (κ3) is 16.5. The Morgan fingerprint density at radius 3 is 0.789 bits per heavy atom. The van der Waals surface area contributed by atoms with Crippen LogP contribution in [0.5, 0.6) is 0 Å². The summed E-state index contributed by atoms with van der Waals surface area (Å²) in [6, 6.07) is 108. The average Bonchev–Trinajstić information content (AvgIpc) is 4.23. The molecule has 0 spiro atoms. The van der Waals surface area contributed by atoms with Gasteiger partial charge in [-0.25, -0.2) is 12.1 Å². The molecule has 1 aliphatic carbocycles. The van der Waals surface area contributed by atoms with E-state index in [4.69, 9.17) is 0 Å². The fourth-order valence-corrected chi connectivity index (χ4v) is 20.6. The van der Waals surface area contributed by atoms with Gasteiger partial charge in [-0.05, 0) is 98.8 Å². The molecule has 0 aromatic heterocycles. The van der Waals surface area contributed by atoms with Gasteiger partial charge in [0.2, 0.25) is 0 Å². The van der Waals surface area contributed by atoms with Crippen LogP contribution in [0.3, 0.4) is 0 Å². The Hall–Kier alpha value is -6.01. The van der Waals surface area contributed by atoms with Crippen LogP contribution in [-0.2, 0) is 28.1 Å². The van der Waals surface area contributed by atoms with Crippen molar-refractivity contribution in [2.75, 3.05) is 24.6 Å². The summed E-state index contributed by atoms with van der Waals surface area (Å²) < 4.78 is 2.96. The molecule has 11 rings (SSSR count). The van der Waals surface area contributed by atoms with Gasteiger partial charge in [-0.3, -0.25) is 0 Å². The number of hydrogen-bond acceptors (Lipinski definition) is 1. The number of rotatable bonds is 16. The van der Waals surface area contributed by atoms with Crippen LogP contribution < -0.4 is 42.4 Å². The molecule has 379 valence electrons. The molecule has 0 N–H and O–H groups in total. The van der Waals surface area contributed by atoms with Crippen LogP contribution in [0.15, 0.2) is 309 Å². The van der Waals surface area contributed by atoms with Crippen LogP contribution in [0, 0.1) is 0 Å². The Balaban J connectivity index is 0.000000150. The number of benzene rings is 9. The van der Waals surface area contributed by atoms with E-state index in [0.717, 1.165) is 18.4 Å². The van der Waals surface area contributed by atoms with Crippen LogP contribution in [0.1, 0.15) is 24.8 Å². The molecule has 1 atom stereocenters. The zero-order valence-corrected chi connectivity index (χ0v) is 48.3. The van der Waals surface area contributed by atoms with E-state index >= 15 is 0 Å². The van der Waals surface area contributed by atoms with E-state index in [9.17, 15) is 4.79 Å². The van der Waals surface area contributed by atoms with E-state index in [1.165, 1.54) is 67.1 Å². The Bertz CT molecular complexity index is 2680. The zero-order valence-electron chi connectivity index (χ0n) is 42.9. The number of Topliss-reactive ketones (excluding diaryl/α,β-unsaturated/α-hetero) is 1. The average molecular weight is 1150 g/mol. The first-order valence-corrected chi connectivity index (χ1v) is 33.1. The number of carbonyl (C=O) groups excluding carboxylic acids is 1. The normalized spacial score (nSPS) is 13.6. The molecule has 0 bridgehead atoms. The van der Waals surface area contributed by atoms with Crippen LogP contribution >= 0.6 is 31.7 Å². The topological polar surface area (TPSA) is 17.1 Å². The fourth-order valence-electron chi connectivity index (χ4n) is 9.47. The maximum Gasteiger partial charge on any atom is -0.0195 e. The molecular weight excluding hydrogens is 1080 g/mol. The van der Waals surface area contributed by atoms with Gasteiger partial charge in [-0.2, -0.15) is 18.2 Å². The van der Waals surface area contributed by atoms with Crippen molar-refractivity contribution in [3.63, 3.8) is 0 Å². The molecule has 76 heavy (non-hydrogen) atoms. The first-order chi connectivity index (χ1) is 37.6. The number of allylic oxidation sites excluding steroid dienone is 1. The minimum absolute atomic E-state index is 0.325. The minimum atomic E-state index is -0.396. The van der Waals surface area contributed by atoms with E-state index in [0.29, 0.717) is 12.2 Å². The standard InChI is InChI=1S/2C26H24P2.C13H12O.C5H5.Ru/c2*1-5-13-23(14-6-1)27(24-15-7-2-8-16-24)21-22-28(25-17-9-3-10-18-25)26-19-11-4-12-20-26;1-2-13(10-6-9-12(13)14)11-7-4-3-5-8-11;1-2-4-5-3-1;/h2*1-20H,21-22H2;2-5,7-8H,6,9-10H2;1-5H;/q;;;-1;+1. The third-order valence-electron chi connectivity index (χ3n) is 13.3. The van der Waals surface area contributed by atoms with Crippen molar-refractivity contribution in [1.82, 2.24) is 0 Å². The molecule has 0 heterocycles. The summed E-state index contributed by atoms with van der Waals surface area (Å²) >= 11 is 2.34. The van der Waals surface area contributed by atoms with Gasteiger partial charge in [0.1, 0.15) is 0 Å². The molecule has 10 aromatic carbocycles. The first kappa shape index (κ1) is 56.2. The summed E-state index contributed by atoms with van der Waals surface area (Å²) in [5, 5.41) is 11.8. The van der Waals surface area contributed by atoms with Crippen LogP contribution in [0.2, 0.25) is 0 Å². The number of carbonyl (C=O) groups is 1. The Kier molecular flexibility index (Phi) is 23.1. The molecule has 6 heteroatoms. The van der Waals surface area contributed by atoms with Crippen LogP contribution in [0.25, 0.3) is 0 Å². The van der Waals surface area contributed by atoms with E-state index < -0.39 is 5.41 Å². The summed E-state index contributed by atoms with van der Waals surface area (Å²) in [6.45, 7) is 0. The van der Waals surface area contributed by atoms with Crippen molar-refractivity contribution in [2.45, 2.75) is 24.7 Å². The van der Waals surface area contributed by atoms with E-state index in [1.54, 1.807) is 0 Å². The Labute approximate surface area is 467 Å². The molecule has 1 fully saturated rings. The van der Waals surface area contributed by atoms with E-state index in [-0.39, 0.29) is 31.7 Å². The molecular formula is C70H65OP4Ru. The van der Waals surface area contributed by atoms with Gasteiger partial charge in [0.15, 0.2) is 0 Å². The van der Waals surface area contributed by atoms with Crippen LogP contribution in [0.4, 0.5) is 0 Å². The SMILES string of the molecule is O=C1CCCC1(C=[C]=[Ru+])c1ccccc1.c1cc[cH-]c1.c1ccc(P(CCP(c2ccccc2)c2ccccc2)c2ccccc2)cc1.c1ccc(P(CCP(c2ccccc2)c2ccccc2)c2ccccc2)cc1. The van der Waals surface area contributed by atoms with Gasteiger partial charge in [0, 0.05) is 0 Å². The number of hydrogen-bond donors (Lipinski definition) is 0. The van der Waals surface area contributed by atoms with Gasteiger partial charge in [0.25, 0.3) is 0 Å². The van der Waals surface area contributed by atoms with Gasteiger partial charge < -0.3 is 0 Å². The summed E-state index contributed by atoms with van der Waals surface area (Å²) in [5.41, 5.74) is 0.705. The van der Waals surface area contributed by atoms with Gasteiger partial charge >= 0.3 is 99.3 Å². The largest absolute Gasteiger partial charge is 0.214 e. The second kappa shape index (κ2) is 31.3. The van der Waals surface area contributed by atoms with Crippen molar-refractivity contribution in [1.29, 1.82) is 0 Å². The van der Waals surface area contributed by atoms with Crippen molar-refractivity contribution in [2.24, 2.45) is 0 Å². The molecule has 10 aromatic rings. The molecule has 1 nitrogen and oxygen atoms in total. The summed E-state index contributed by atoms with van der Waals surface area (Å²) in [5.74, 6) is 0.325. The quantitative estimate of drug-likeness (QED) is 0.0535. The van der Waals surface area contributed by atoms with Gasteiger partial charge in [0.05, 0.1) is 0 Å². The molecule has 0 amide bonds. The maximum absolute atomic E-state index is 12.0. The number of ketones is 1. The van der Waals surface area contributed by atoms with Crippen molar-refractivity contribution < 1.29 is 22.6 Å². The monoisotopic (exact) mass is 1150 g/mol. The van der Waals surface area contributed by atoms with Crippen molar-refractivity contribution in [3.05, 3.63) is 315 Å². The molecule has 0 saturated heterocycles. The summed E-state index contributed by atoms with van der Waals surface area (Å²) in [7, 11) is -1.39. The maximum atomic E-state index is 12.0. The predicted molar refractivity (Wildman–Crippen MR) is 334 cm³/mol. The second-order valence-corrected chi connectivity index (χ2v) is 28.0. The third-order valence-corrected chi connectivity index (χ3v) is 24.3. The Morgan fingerprint density at radius 2 is 0.605 bits per heavy atom. The second-order valence-electron chi connectivity index (χ2n) is 18.1. The molecule has 1 unspecified atom stereocenters. The molecule has 0 aliphatic heterocycles. The minimum Gasteiger partial charge on any atom is -0.214 e. The molecule has 0 radical (unpaired) electrons. The van der Waals surface area contributed by atoms with Gasteiger partial charge in [-0.15, -0.1) is 0 Å². The molecule has 1 saturated carbocycles. The summed E-state index contributed by atoms with van der Waals surface area (Å²) in [6.07, 6.45) is 9.33. The van der Waals surface area contributed by atoms with Gasteiger partial charge in [-0.1, -0.05) is 243 Å². The zero-order chi connectivity index (χ0) is 52.3. The smallest absolute Gasteiger partial charge is 0.0195 e. The molecule has 1 aliphatic rings. The summed E-state index contributed by atoms with van der Waals surface area (Å²) in [4.78, 5) is 12.0. The van der Waals surface area contributed by atoms with Crippen LogP contribution in [-0.4, -0.2) is 34.7 Å². The fraction of sp³-hybridized carbons (Fsp3) is 0.114.